The normalized spacial score (nSPS) is 22.5. The van der Waals surface area contributed by atoms with Crippen molar-refractivity contribution in [1.82, 2.24) is 19.7 Å². The first-order chi connectivity index (χ1) is 12.1. The molecule has 0 unspecified atom stereocenters. The van der Waals surface area contributed by atoms with Gasteiger partial charge < -0.3 is 14.4 Å². The zero-order chi connectivity index (χ0) is 17.4. The number of hydrogen-bond acceptors (Lipinski definition) is 4. The molecule has 1 spiro atoms. The third kappa shape index (κ3) is 2.50. The van der Waals surface area contributed by atoms with E-state index in [9.17, 15) is 9.59 Å². The van der Waals surface area contributed by atoms with Gasteiger partial charge in [0.25, 0.3) is 0 Å². The van der Waals surface area contributed by atoms with E-state index in [1.807, 2.05) is 36.2 Å². The predicted molar refractivity (Wildman–Crippen MR) is 92.0 cm³/mol. The summed E-state index contributed by atoms with van der Waals surface area (Å²) in [6, 6.07) is 7.93. The molecule has 25 heavy (non-hydrogen) atoms. The topological polar surface area (TPSA) is 71.3 Å². The standard InChI is InChI=1S/C18H21N5O2/c1-21-15-6-3-2-5-14(15)18(17(21)25)8-4-9-23(11-18)16(24)7-10-22-12-19-20-13-22/h2-3,5-6,12-13H,4,7-11H2,1H3/t18-/m0/s1. The number of para-hydroxylation sites is 1. The molecule has 1 atom stereocenters. The number of nitrogens with zero attached hydrogens (tertiary/aromatic N) is 5. The number of carbonyl (C=O) groups excluding carboxylic acids is 2. The summed E-state index contributed by atoms with van der Waals surface area (Å²) >= 11 is 0. The second kappa shape index (κ2) is 5.98. The van der Waals surface area contributed by atoms with Gasteiger partial charge in [0.2, 0.25) is 11.8 Å². The average molecular weight is 339 g/mol. The van der Waals surface area contributed by atoms with Crippen LogP contribution in [-0.2, 0) is 21.5 Å². The van der Waals surface area contributed by atoms with Gasteiger partial charge in [0, 0.05) is 38.8 Å². The summed E-state index contributed by atoms with van der Waals surface area (Å²) in [5.74, 6) is 0.178. The molecule has 0 N–H and O–H groups in total. The van der Waals surface area contributed by atoms with Crippen molar-refractivity contribution in [2.75, 3.05) is 25.0 Å². The second-order valence-corrected chi connectivity index (χ2v) is 6.83. The maximum absolute atomic E-state index is 13.0. The number of carbonyl (C=O) groups is 2. The Hall–Kier alpha value is -2.70. The van der Waals surface area contributed by atoms with Crippen molar-refractivity contribution in [3.63, 3.8) is 0 Å². The number of piperidine rings is 1. The van der Waals surface area contributed by atoms with Crippen LogP contribution in [-0.4, -0.2) is 51.6 Å². The fraction of sp³-hybridized carbons (Fsp3) is 0.444. The van der Waals surface area contributed by atoms with Crippen molar-refractivity contribution in [1.29, 1.82) is 0 Å². The average Bonchev–Trinajstić information content (AvgIpc) is 3.24. The Kier molecular flexibility index (Phi) is 3.78. The van der Waals surface area contributed by atoms with Gasteiger partial charge in [0.05, 0.1) is 5.41 Å². The summed E-state index contributed by atoms with van der Waals surface area (Å²) in [6.07, 6.45) is 5.24. The van der Waals surface area contributed by atoms with Crippen molar-refractivity contribution >= 4 is 17.5 Å². The molecular weight excluding hydrogens is 318 g/mol. The summed E-state index contributed by atoms with van der Waals surface area (Å²) in [4.78, 5) is 29.3. The minimum atomic E-state index is -0.587. The van der Waals surface area contributed by atoms with Gasteiger partial charge >= 0.3 is 0 Å². The number of amides is 2. The van der Waals surface area contributed by atoms with E-state index in [-0.39, 0.29) is 11.8 Å². The fourth-order valence-corrected chi connectivity index (χ4v) is 4.10. The van der Waals surface area contributed by atoms with Gasteiger partial charge in [-0.3, -0.25) is 9.59 Å². The van der Waals surface area contributed by atoms with Gasteiger partial charge in [0.15, 0.2) is 0 Å². The summed E-state index contributed by atoms with van der Waals surface area (Å²) in [5, 5.41) is 7.50. The number of hydrogen-bond donors (Lipinski definition) is 0. The van der Waals surface area contributed by atoms with Crippen molar-refractivity contribution in [3.8, 4) is 0 Å². The quantitative estimate of drug-likeness (QED) is 0.843. The molecule has 0 saturated carbocycles. The molecule has 7 heteroatoms. The summed E-state index contributed by atoms with van der Waals surface area (Å²) in [7, 11) is 1.82. The number of anilines is 1. The Morgan fingerprint density at radius 1 is 1.24 bits per heavy atom. The first-order valence-electron chi connectivity index (χ1n) is 8.60. The lowest BCUT2D eigenvalue weighted by molar-refractivity contribution is -0.136. The molecule has 2 amide bonds. The first-order valence-corrected chi connectivity index (χ1v) is 8.60. The summed E-state index contributed by atoms with van der Waals surface area (Å²) in [6.45, 7) is 1.73. The Morgan fingerprint density at radius 3 is 2.80 bits per heavy atom. The van der Waals surface area contributed by atoms with Gasteiger partial charge in [-0.15, -0.1) is 10.2 Å². The number of rotatable bonds is 3. The minimum Gasteiger partial charge on any atom is -0.341 e. The molecule has 0 radical (unpaired) electrons. The number of aryl methyl sites for hydroxylation is 1. The van der Waals surface area contributed by atoms with Gasteiger partial charge in [-0.05, 0) is 24.5 Å². The number of likely N-dealkylation sites (tertiary alicyclic amines) is 1. The van der Waals surface area contributed by atoms with E-state index in [4.69, 9.17) is 0 Å². The van der Waals surface area contributed by atoms with Crippen molar-refractivity contribution in [3.05, 3.63) is 42.5 Å². The lowest BCUT2D eigenvalue weighted by atomic mass is 9.75. The number of benzene rings is 1. The SMILES string of the molecule is CN1C(=O)[C@]2(CCCN(C(=O)CCn3cnnc3)C2)c2ccccc21. The monoisotopic (exact) mass is 339 g/mol. The van der Waals surface area contributed by atoms with Gasteiger partial charge in [-0.25, -0.2) is 0 Å². The third-order valence-electron chi connectivity index (χ3n) is 5.39. The summed E-state index contributed by atoms with van der Waals surface area (Å²) in [5.41, 5.74) is 1.43. The van der Waals surface area contributed by atoms with Gasteiger partial charge in [-0.2, -0.15) is 0 Å². The molecule has 7 nitrogen and oxygen atoms in total. The van der Waals surface area contributed by atoms with Crippen molar-refractivity contribution in [2.24, 2.45) is 0 Å². The number of fused-ring (bicyclic) bond motifs is 2. The van der Waals surface area contributed by atoms with E-state index in [0.717, 1.165) is 24.1 Å². The smallest absolute Gasteiger partial charge is 0.239 e. The maximum Gasteiger partial charge on any atom is 0.239 e. The molecule has 1 aromatic carbocycles. The van der Waals surface area contributed by atoms with E-state index >= 15 is 0 Å². The maximum atomic E-state index is 13.0. The van der Waals surface area contributed by atoms with Crippen molar-refractivity contribution in [2.45, 2.75) is 31.2 Å². The first kappa shape index (κ1) is 15.8. The zero-order valence-corrected chi connectivity index (χ0v) is 14.3. The predicted octanol–water partition coefficient (Wildman–Crippen LogP) is 1.21. The lowest BCUT2D eigenvalue weighted by Gasteiger charge is -2.39. The molecule has 2 aliphatic heterocycles. The summed E-state index contributed by atoms with van der Waals surface area (Å²) < 4.78 is 1.79. The van der Waals surface area contributed by atoms with Crippen LogP contribution < -0.4 is 4.90 Å². The minimum absolute atomic E-state index is 0.0765. The Bertz CT molecular complexity index is 804. The van der Waals surface area contributed by atoms with Crippen molar-refractivity contribution < 1.29 is 9.59 Å². The molecule has 4 rings (SSSR count). The van der Waals surface area contributed by atoms with Gasteiger partial charge in [0.1, 0.15) is 12.7 Å². The molecular formula is C18H21N5O2. The van der Waals surface area contributed by atoms with Crippen LogP contribution in [0, 0.1) is 0 Å². The van der Waals surface area contributed by atoms with Crippen LogP contribution in [0.1, 0.15) is 24.8 Å². The van der Waals surface area contributed by atoms with Crippen LogP contribution in [0.4, 0.5) is 5.69 Å². The van der Waals surface area contributed by atoms with Gasteiger partial charge in [-0.1, -0.05) is 18.2 Å². The van der Waals surface area contributed by atoms with E-state index in [1.54, 1.807) is 22.1 Å². The number of aromatic nitrogens is 3. The van der Waals surface area contributed by atoms with E-state index in [0.29, 0.717) is 26.1 Å². The highest BCUT2D eigenvalue weighted by molar-refractivity contribution is 6.08. The third-order valence-corrected chi connectivity index (χ3v) is 5.39. The van der Waals surface area contributed by atoms with Crippen LogP contribution in [0.15, 0.2) is 36.9 Å². The van der Waals surface area contributed by atoms with Crippen LogP contribution >= 0.6 is 0 Å². The van der Waals surface area contributed by atoms with E-state index < -0.39 is 5.41 Å². The van der Waals surface area contributed by atoms with Crippen LogP contribution in [0.3, 0.4) is 0 Å². The molecule has 1 fully saturated rings. The highest BCUT2D eigenvalue weighted by Gasteiger charge is 2.52. The largest absolute Gasteiger partial charge is 0.341 e. The Balaban J connectivity index is 1.54. The molecule has 0 bridgehead atoms. The molecule has 2 aliphatic rings. The Labute approximate surface area is 146 Å². The van der Waals surface area contributed by atoms with E-state index in [2.05, 4.69) is 10.2 Å². The molecule has 130 valence electrons. The highest BCUT2D eigenvalue weighted by atomic mass is 16.2. The van der Waals surface area contributed by atoms with Crippen LogP contribution in [0.5, 0.6) is 0 Å². The zero-order valence-electron chi connectivity index (χ0n) is 14.3. The number of likely N-dealkylation sites (N-methyl/N-ethyl adjacent to an activating group) is 1. The van der Waals surface area contributed by atoms with Crippen LogP contribution in [0.25, 0.3) is 0 Å². The molecule has 1 aromatic heterocycles. The highest BCUT2D eigenvalue weighted by Crippen LogP contribution is 2.46. The lowest BCUT2D eigenvalue weighted by Crippen LogP contribution is -2.53. The Morgan fingerprint density at radius 2 is 2.00 bits per heavy atom. The molecule has 0 aliphatic carbocycles. The fourth-order valence-electron chi connectivity index (χ4n) is 4.10. The molecule has 3 heterocycles. The van der Waals surface area contributed by atoms with Crippen LogP contribution in [0.2, 0.25) is 0 Å². The molecule has 1 saturated heterocycles. The van der Waals surface area contributed by atoms with E-state index in [1.165, 1.54) is 0 Å². The molecule has 2 aromatic rings. The second-order valence-electron chi connectivity index (χ2n) is 6.83.